The summed E-state index contributed by atoms with van der Waals surface area (Å²) in [5.74, 6) is -3.19. The minimum absolute atomic E-state index is 0.0176. The first-order valence-electron chi connectivity index (χ1n) is 5.96. The average molecular weight is 276 g/mol. The molecule has 0 bridgehead atoms. The highest BCUT2D eigenvalue weighted by Gasteiger charge is 2.41. The van der Waals surface area contributed by atoms with Gasteiger partial charge >= 0.3 is 6.03 Å². The lowest BCUT2D eigenvalue weighted by atomic mass is 9.95. The van der Waals surface area contributed by atoms with E-state index in [1.807, 2.05) is 0 Å². The lowest BCUT2D eigenvalue weighted by Crippen LogP contribution is -2.57. The molecule has 1 aliphatic heterocycles. The van der Waals surface area contributed by atoms with Crippen LogP contribution in [-0.4, -0.2) is 29.3 Å². The van der Waals surface area contributed by atoms with Crippen molar-refractivity contribution in [3.05, 3.63) is 47.8 Å². The monoisotopic (exact) mass is 276 g/mol. The van der Waals surface area contributed by atoms with E-state index in [4.69, 9.17) is 0 Å². The van der Waals surface area contributed by atoms with Crippen LogP contribution in [0.25, 0.3) is 0 Å². The molecular weight excluding hydrogens is 263 g/mol. The first-order valence-corrected chi connectivity index (χ1v) is 5.96. The molecule has 2 rings (SSSR count). The Bertz CT molecular complexity index is 612. The standard InChI is InChI=1S/C14H13FN2O3/c1-8(2)7-17-13(19)11(12(18)16-14(17)20)9-4-3-5-10(15)6-9/h3-6,11H,1,7H2,2H3,(H,16,18,20). The third-order valence-corrected chi connectivity index (χ3v) is 2.86. The molecule has 0 aliphatic carbocycles. The van der Waals surface area contributed by atoms with Crippen LogP contribution in [0.2, 0.25) is 0 Å². The van der Waals surface area contributed by atoms with Crippen LogP contribution in [0.5, 0.6) is 0 Å². The Morgan fingerprint density at radius 1 is 1.40 bits per heavy atom. The third kappa shape index (κ3) is 2.59. The maximum Gasteiger partial charge on any atom is 0.331 e. The van der Waals surface area contributed by atoms with Crippen molar-refractivity contribution in [1.82, 2.24) is 10.2 Å². The van der Waals surface area contributed by atoms with E-state index in [9.17, 15) is 18.8 Å². The van der Waals surface area contributed by atoms with E-state index in [1.165, 1.54) is 18.2 Å². The Morgan fingerprint density at radius 2 is 2.10 bits per heavy atom. The molecule has 1 aromatic rings. The van der Waals surface area contributed by atoms with E-state index in [1.54, 1.807) is 6.92 Å². The van der Waals surface area contributed by atoms with E-state index < -0.39 is 29.6 Å². The van der Waals surface area contributed by atoms with Crippen molar-refractivity contribution in [2.75, 3.05) is 6.54 Å². The summed E-state index contributed by atoms with van der Waals surface area (Å²) in [6.07, 6.45) is 0. The molecule has 1 heterocycles. The van der Waals surface area contributed by atoms with Gasteiger partial charge in [0, 0.05) is 0 Å². The first kappa shape index (κ1) is 13.9. The second-order valence-corrected chi connectivity index (χ2v) is 4.66. The summed E-state index contributed by atoms with van der Waals surface area (Å²) in [5.41, 5.74) is 0.813. The van der Waals surface area contributed by atoms with Gasteiger partial charge in [-0.1, -0.05) is 24.3 Å². The van der Waals surface area contributed by atoms with Gasteiger partial charge in [-0.25, -0.2) is 9.18 Å². The van der Waals surface area contributed by atoms with Gasteiger partial charge in [0.25, 0.3) is 0 Å². The number of imide groups is 2. The number of carbonyl (C=O) groups excluding carboxylic acids is 3. The molecule has 1 atom stereocenters. The molecule has 0 radical (unpaired) electrons. The zero-order chi connectivity index (χ0) is 14.9. The highest BCUT2D eigenvalue weighted by atomic mass is 19.1. The SMILES string of the molecule is C=C(C)CN1C(=O)NC(=O)C(c2cccc(F)c2)C1=O. The number of carbonyl (C=O) groups is 3. The molecule has 1 aromatic carbocycles. The number of hydrogen-bond acceptors (Lipinski definition) is 3. The minimum Gasteiger partial charge on any atom is -0.277 e. The van der Waals surface area contributed by atoms with Gasteiger partial charge in [-0.2, -0.15) is 0 Å². The number of urea groups is 1. The molecule has 1 unspecified atom stereocenters. The Labute approximate surface area is 115 Å². The lowest BCUT2D eigenvalue weighted by Gasteiger charge is -2.30. The molecule has 0 aromatic heterocycles. The van der Waals surface area contributed by atoms with Crippen molar-refractivity contribution in [1.29, 1.82) is 0 Å². The van der Waals surface area contributed by atoms with Crippen LogP contribution in [0.3, 0.4) is 0 Å². The predicted octanol–water partition coefficient (Wildman–Crippen LogP) is 1.56. The molecule has 0 spiro atoms. The highest BCUT2D eigenvalue weighted by molar-refractivity contribution is 6.19. The fourth-order valence-corrected chi connectivity index (χ4v) is 2.01. The number of barbiturate groups is 1. The minimum atomic E-state index is -1.22. The van der Waals surface area contributed by atoms with Gasteiger partial charge in [0.1, 0.15) is 11.7 Å². The number of halogens is 1. The third-order valence-electron chi connectivity index (χ3n) is 2.86. The molecule has 1 aliphatic rings. The fraction of sp³-hybridized carbons (Fsp3) is 0.214. The van der Waals surface area contributed by atoms with Crippen LogP contribution in [0.15, 0.2) is 36.4 Å². The van der Waals surface area contributed by atoms with Crippen LogP contribution < -0.4 is 5.32 Å². The van der Waals surface area contributed by atoms with E-state index in [-0.39, 0.29) is 12.1 Å². The largest absolute Gasteiger partial charge is 0.331 e. The van der Waals surface area contributed by atoms with Crippen molar-refractivity contribution in [3.63, 3.8) is 0 Å². The summed E-state index contributed by atoms with van der Waals surface area (Å²) < 4.78 is 13.2. The van der Waals surface area contributed by atoms with Gasteiger partial charge in [-0.3, -0.25) is 19.8 Å². The maximum atomic E-state index is 13.2. The van der Waals surface area contributed by atoms with Gasteiger partial charge in [-0.05, 0) is 24.6 Å². The summed E-state index contributed by atoms with van der Waals surface area (Å²) in [4.78, 5) is 36.7. The molecule has 6 heteroatoms. The van der Waals surface area contributed by atoms with Crippen LogP contribution >= 0.6 is 0 Å². The molecule has 5 nitrogen and oxygen atoms in total. The van der Waals surface area contributed by atoms with Crippen molar-refractivity contribution in [3.8, 4) is 0 Å². The van der Waals surface area contributed by atoms with Gasteiger partial charge in [-0.15, -0.1) is 0 Å². The van der Waals surface area contributed by atoms with Crippen molar-refractivity contribution in [2.45, 2.75) is 12.8 Å². The Balaban J connectivity index is 2.37. The summed E-state index contributed by atoms with van der Waals surface area (Å²) in [7, 11) is 0. The van der Waals surface area contributed by atoms with Gasteiger partial charge in [0.15, 0.2) is 0 Å². The molecule has 1 fully saturated rings. The smallest absolute Gasteiger partial charge is 0.277 e. The molecule has 20 heavy (non-hydrogen) atoms. The lowest BCUT2D eigenvalue weighted by molar-refractivity contribution is -0.138. The summed E-state index contributed by atoms with van der Waals surface area (Å²) in [5, 5.41) is 2.10. The average Bonchev–Trinajstić information content (AvgIpc) is 2.34. The Kier molecular flexibility index (Phi) is 3.65. The second kappa shape index (κ2) is 5.24. The molecular formula is C14H13FN2O3. The zero-order valence-corrected chi connectivity index (χ0v) is 10.9. The molecule has 1 N–H and O–H groups in total. The summed E-state index contributed by atoms with van der Waals surface area (Å²) >= 11 is 0. The maximum absolute atomic E-state index is 13.2. The molecule has 104 valence electrons. The van der Waals surface area contributed by atoms with Crippen molar-refractivity contribution >= 4 is 17.8 Å². The topological polar surface area (TPSA) is 66.5 Å². The van der Waals surface area contributed by atoms with E-state index in [0.717, 1.165) is 11.0 Å². The number of benzene rings is 1. The van der Waals surface area contributed by atoms with Crippen molar-refractivity contribution < 1.29 is 18.8 Å². The number of rotatable bonds is 3. The van der Waals surface area contributed by atoms with Crippen LogP contribution in [0, 0.1) is 5.82 Å². The summed E-state index contributed by atoms with van der Waals surface area (Å²) in [6, 6.07) is 4.42. The number of nitrogens with one attached hydrogen (secondary N) is 1. The Hall–Kier alpha value is -2.50. The Morgan fingerprint density at radius 3 is 2.70 bits per heavy atom. The number of hydrogen-bond donors (Lipinski definition) is 1. The number of nitrogens with zero attached hydrogens (tertiary/aromatic N) is 1. The fourth-order valence-electron chi connectivity index (χ4n) is 2.01. The van der Waals surface area contributed by atoms with Crippen molar-refractivity contribution in [2.24, 2.45) is 0 Å². The molecule has 0 saturated carbocycles. The van der Waals surface area contributed by atoms with Gasteiger partial charge in [0.05, 0.1) is 6.54 Å². The summed E-state index contributed by atoms with van der Waals surface area (Å²) in [6.45, 7) is 5.31. The van der Waals surface area contributed by atoms with Crippen LogP contribution in [-0.2, 0) is 9.59 Å². The highest BCUT2D eigenvalue weighted by Crippen LogP contribution is 2.23. The zero-order valence-electron chi connectivity index (χ0n) is 10.9. The molecule has 4 amide bonds. The van der Waals surface area contributed by atoms with E-state index >= 15 is 0 Å². The van der Waals surface area contributed by atoms with Crippen LogP contribution in [0.4, 0.5) is 9.18 Å². The van der Waals surface area contributed by atoms with E-state index in [0.29, 0.717) is 5.57 Å². The second-order valence-electron chi connectivity index (χ2n) is 4.66. The van der Waals surface area contributed by atoms with Gasteiger partial charge < -0.3 is 0 Å². The predicted molar refractivity (Wildman–Crippen MR) is 69.2 cm³/mol. The quantitative estimate of drug-likeness (QED) is 0.673. The normalized spacial score (nSPS) is 19.0. The van der Waals surface area contributed by atoms with Crippen LogP contribution in [0.1, 0.15) is 18.4 Å². The van der Waals surface area contributed by atoms with E-state index in [2.05, 4.69) is 11.9 Å². The molecule has 1 saturated heterocycles. The van der Waals surface area contributed by atoms with Gasteiger partial charge in [0.2, 0.25) is 11.8 Å². The first-order chi connectivity index (χ1) is 9.40. The number of amides is 4.